The van der Waals surface area contributed by atoms with Crippen molar-refractivity contribution < 1.29 is 13.6 Å². The van der Waals surface area contributed by atoms with Crippen LogP contribution in [0, 0.1) is 0 Å². The van der Waals surface area contributed by atoms with E-state index in [1.54, 1.807) is 0 Å². The molecule has 4 nitrogen and oxygen atoms in total. The summed E-state index contributed by atoms with van der Waals surface area (Å²) >= 11 is 0. The van der Waals surface area contributed by atoms with Crippen LogP contribution in [0.25, 0.3) is 0 Å². The number of hydrogen-bond acceptors (Lipinski definition) is 3. The summed E-state index contributed by atoms with van der Waals surface area (Å²) in [5.74, 6) is 0. The van der Waals surface area contributed by atoms with Gasteiger partial charge in [0.1, 0.15) is 0 Å². The largest absolute Gasteiger partial charge is 0.409 e. The van der Waals surface area contributed by atoms with E-state index in [1.807, 2.05) is 39.3 Å². The van der Waals surface area contributed by atoms with Crippen LogP contribution in [0.4, 0.5) is 0 Å². The van der Waals surface area contributed by atoms with E-state index in [4.69, 9.17) is 9.05 Å². The van der Waals surface area contributed by atoms with E-state index < -0.39 is 7.75 Å². The van der Waals surface area contributed by atoms with Gasteiger partial charge in [-0.3, -0.25) is 9.05 Å². The van der Waals surface area contributed by atoms with Crippen molar-refractivity contribution in [2.45, 2.75) is 46.2 Å². The van der Waals surface area contributed by atoms with Gasteiger partial charge >= 0.3 is 7.75 Å². The van der Waals surface area contributed by atoms with Crippen molar-refractivity contribution >= 4 is 7.75 Å². The van der Waals surface area contributed by atoms with Gasteiger partial charge in [-0.05, 0) is 34.6 Å². The zero-order chi connectivity index (χ0) is 11.0. The average molecular weight is 221 g/mol. The van der Waals surface area contributed by atoms with Gasteiger partial charge in [-0.15, -0.1) is 0 Å². The van der Waals surface area contributed by atoms with E-state index in [-0.39, 0.29) is 11.6 Å². The maximum atomic E-state index is 12.3. The summed E-state index contributed by atoms with van der Waals surface area (Å²) in [7, 11) is -3.02. The third-order valence-corrected chi connectivity index (χ3v) is 5.32. The van der Waals surface area contributed by atoms with Crippen molar-refractivity contribution in [2.75, 3.05) is 13.2 Å². The maximum Gasteiger partial charge on any atom is 0.409 e. The zero-order valence-electron chi connectivity index (χ0n) is 9.61. The molecule has 0 amide bonds. The van der Waals surface area contributed by atoms with Gasteiger partial charge in [0.15, 0.2) is 0 Å². The van der Waals surface area contributed by atoms with E-state index in [0.717, 1.165) is 0 Å². The Labute approximate surface area is 86.2 Å². The summed E-state index contributed by atoms with van der Waals surface area (Å²) < 4.78 is 24.6. The van der Waals surface area contributed by atoms with Crippen LogP contribution in [0.2, 0.25) is 0 Å². The molecule has 84 valence electrons. The van der Waals surface area contributed by atoms with Crippen LogP contribution in [0.1, 0.15) is 34.6 Å². The molecule has 1 saturated heterocycles. The minimum Gasteiger partial charge on any atom is -0.297 e. The Hall–Kier alpha value is 0.110. The molecule has 1 rings (SSSR count). The van der Waals surface area contributed by atoms with E-state index in [9.17, 15) is 4.57 Å². The number of hydrogen-bond donors (Lipinski definition) is 0. The van der Waals surface area contributed by atoms with Gasteiger partial charge in [0, 0.05) is 11.6 Å². The molecule has 1 aliphatic rings. The zero-order valence-corrected chi connectivity index (χ0v) is 10.5. The van der Waals surface area contributed by atoms with E-state index in [2.05, 4.69) is 0 Å². The average Bonchev–Trinajstić information content (AvgIpc) is 2.52. The fourth-order valence-corrected chi connectivity index (χ4v) is 4.11. The maximum absolute atomic E-state index is 12.3. The Balaban J connectivity index is 2.76. The number of nitrogens with zero attached hydrogens (tertiary/aromatic N) is 1. The molecule has 5 heteroatoms. The topological polar surface area (TPSA) is 38.5 Å². The Morgan fingerprint density at radius 3 is 1.86 bits per heavy atom. The van der Waals surface area contributed by atoms with Crippen LogP contribution in [-0.4, -0.2) is 29.5 Å². The Morgan fingerprint density at radius 1 is 1.29 bits per heavy atom. The van der Waals surface area contributed by atoms with Crippen LogP contribution in [-0.2, 0) is 13.6 Å². The second-order valence-electron chi connectivity index (χ2n) is 3.98. The molecule has 1 fully saturated rings. The van der Waals surface area contributed by atoms with Gasteiger partial charge in [0.2, 0.25) is 0 Å². The molecule has 14 heavy (non-hydrogen) atoms. The summed E-state index contributed by atoms with van der Waals surface area (Å²) in [6.07, 6.45) is 0. The monoisotopic (exact) mass is 221 g/mol. The second kappa shape index (κ2) is 3.93. The smallest absolute Gasteiger partial charge is 0.297 e. The van der Waals surface area contributed by atoms with Crippen molar-refractivity contribution in [1.82, 2.24) is 4.67 Å². The summed E-state index contributed by atoms with van der Waals surface area (Å²) in [6, 6.07) is 0.256. The summed E-state index contributed by atoms with van der Waals surface area (Å²) in [6.45, 7) is 10.6. The minimum absolute atomic E-state index is 0.0696. The lowest BCUT2D eigenvalue weighted by Gasteiger charge is -2.19. The standard InChI is InChI=1S/C9H20NO3P/c1-6-12-14(11,13-7-2)10-8(3)9(10,4)5/h8H,6-7H2,1-5H3/t8-,10?/m1/s1. The van der Waals surface area contributed by atoms with Crippen LogP contribution in [0.3, 0.4) is 0 Å². The molecule has 0 aromatic heterocycles. The summed E-state index contributed by atoms with van der Waals surface area (Å²) in [4.78, 5) is 0. The lowest BCUT2D eigenvalue weighted by Crippen LogP contribution is -2.11. The van der Waals surface area contributed by atoms with Gasteiger partial charge in [0.25, 0.3) is 0 Å². The quantitative estimate of drug-likeness (QED) is 0.528. The minimum atomic E-state index is -3.02. The lowest BCUT2D eigenvalue weighted by molar-refractivity contribution is 0.190. The van der Waals surface area contributed by atoms with Gasteiger partial charge in [-0.25, -0.2) is 4.57 Å². The molecule has 1 aliphatic heterocycles. The molecule has 0 bridgehead atoms. The fraction of sp³-hybridized carbons (Fsp3) is 1.00. The van der Waals surface area contributed by atoms with Crippen molar-refractivity contribution in [3.05, 3.63) is 0 Å². The molecule has 0 aliphatic carbocycles. The van der Waals surface area contributed by atoms with Crippen molar-refractivity contribution in [3.8, 4) is 0 Å². The first-order valence-electron chi connectivity index (χ1n) is 5.09. The van der Waals surface area contributed by atoms with Crippen LogP contribution >= 0.6 is 7.75 Å². The predicted octanol–water partition coefficient (Wildman–Crippen LogP) is 2.65. The highest BCUT2D eigenvalue weighted by Crippen LogP contribution is 2.65. The summed E-state index contributed by atoms with van der Waals surface area (Å²) in [5, 5.41) is 0. The van der Waals surface area contributed by atoms with E-state index in [1.165, 1.54) is 0 Å². The normalized spacial score (nSPS) is 30.4. The van der Waals surface area contributed by atoms with E-state index >= 15 is 0 Å². The third kappa shape index (κ3) is 1.89. The van der Waals surface area contributed by atoms with Crippen molar-refractivity contribution in [3.63, 3.8) is 0 Å². The van der Waals surface area contributed by atoms with Crippen LogP contribution in [0.5, 0.6) is 0 Å². The Bertz CT molecular complexity index is 244. The SMILES string of the molecule is CCOP(=O)(OCC)N1[C@H](C)C1(C)C. The third-order valence-electron chi connectivity index (χ3n) is 2.76. The molecule has 0 saturated carbocycles. The van der Waals surface area contributed by atoms with Crippen molar-refractivity contribution in [1.29, 1.82) is 0 Å². The van der Waals surface area contributed by atoms with E-state index in [0.29, 0.717) is 13.2 Å². The molecular weight excluding hydrogens is 201 g/mol. The molecule has 0 radical (unpaired) electrons. The van der Waals surface area contributed by atoms with Crippen molar-refractivity contribution in [2.24, 2.45) is 0 Å². The highest BCUT2D eigenvalue weighted by molar-refractivity contribution is 7.51. The van der Waals surface area contributed by atoms with Gasteiger partial charge < -0.3 is 0 Å². The molecule has 2 atom stereocenters. The Morgan fingerprint density at radius 2 is 1.64 bits per heavy atom. The molecule has 0 spiro atoms. The highest BCUT2D eigenvalue weighted by Gasteiger charge is 2.62. The molecule has 1 unspecified atom stereocenters. The van der Waals surface area contributed by atoms with Crippen LogP contribution in [0.15, 0.2) is 0 Å². The van der Waals surface area contributed by atoms with Gasteiger partial charge in [-0.1, -0.05) is 0 Å². The molecule has 0 N–H and O–H groups in total. The predicted molar refractivity (Wildman–Crippen MR) is 56.2 cm³/mol. The molecule has 0 aromatic rings. The first kappa shape index (κ1) is 12.2. The lowest BCUT2D eigenvalue weighted by atomic mass is 10.2. The first-order chi connectivity index (χ1) is 6.40. The fourth-order valence-electron chi connectivity index (χ4n) is 1.68. The van der Waals surface area contributed by atoms with Gasteiger partial charge in [-0.2, -0.15) is 4.67 Å². The highest BCUT2D eigenvalue weighted by atomic mass is 31.2. The van der Waals surface area contributed by atoms with Gasteiger partial charge in [0.05, 0.1) is 13.2 Å². The molecule has 0 aromatic carbocycles. The first-order valence-corrected chi connectivity index (χ1v) is 6.58. The molecular formula is C9H20NO3P. The Kier molecular flexibility index (Phi) is 3.42. The second-order valence-corrected chi connectivity index (χ2v) is 5.86. The molecule has 1 heterocycles. The summed E-state index contributed by atoms with van der Waals surface area (Å²) in [5.41, 5.74) is -0.0696. The van der Waals surface area contributed by atoms with Crippen LogP contribution < -0.4 is 0 Å². The number of rotatable bonds is 5.